The van der Waals surface area contributed by atoms with Crippen molar-refractivity contribution in [1.29, 1.82) is 0 Å². The number of aliphatic carboxylic acids is 1. The van der Waals surface area contributed by atoms with Crippen molar-refractivity contribution in [2.75, 3.05) is 20.3 Å². The summed E-state index contributed by atoms with van der Waals surface area (Å²) < 4.78 is 11.5. The molecule has 3 rings (SSSR count). The quantitative estimate of drug-likeness (QED) is 0.389. The van der Waals surface area contributed by atoms with Gasteiger partial charge < -0.3 is 14.6 Å². The molecule has 2 heterocycles. The van der Waals surface area contributed by atoms with E-state index in [0.29, 0.717) is 28.8 Å². The number of benzene rings is 1. The maximum absolute atomic E-state index is 12.7. The molecule has 1 saturated heterocycles. The summed E-state index contributed by atoms with van der Waals surface area (Å²) in [6.07, 6.45) is 6.07. The van der Waals surface area contributed by atoms with E-state index in [1.807, 2.05) is 30.4 Å². The van der Waals surface area contributed by atoms with Crippen molar-refractivity contribution in [2.24, 2.45) is 0 Å². The van der Waals surface area contributed by atoms with E-state index in [4.69, 9.17) is 26.8 Å². The predicted molar refractivity (Wildman–Crippen MR) is 113 cm³/mol. The third-order valence-electron chi connectivity index (χ3n) is 4.42. The van der Waals surface area contributed by atoms with Crippen LogP contribution in [0.25, 0.3) is 6.08 Å². The van der Waals surface area contributed by atoms with E-state index in [1.54, 1.807) is 12.0 Å². The number of methoxy groups -OCH3 is 1. The highest BCUT2D eigenvalue weighted by Gasteiger charge is 2.31. The lowest BCUT2D eigenvalue weighted by molar-refractivity contribution is -0.137. The second-order valence-electron chi connectivity index (χ2n) is 6.45. The van der Waals surface area contributed by atoms with Crippen LogP contribution in [0.4, 0.5) is 0 Å². The summed E-state index contributed by atoms with van der Waals surface area (Å²) in [5.41, 5.74) is 1.84. The largest absolute Gasteiger partial charge is 0.497 e. The number of thiocarbonyl (C=S) groups is 1. The Hall–Kier alpha value is -2.32. The molecular formula is C20H21NO5S2. The molecule has 0 atom stereocenters. The molecule has 2 aliphatic rings. The number of amides is 1. The van der Waals surface area contributed by atoms with E-state index in [1.165, 1.54) is 11.8 Å². The molecule has 0 spiro atoms. The normalized spacial score (nSPS) is 17.4. The van der Waals surface area contributed by atoms with Gasteiger partial charge >= 0.3 is 5.97 Å². The first-order valence-corrected chi connectivity index (χ1v) is 10.2. The van der Waals surface area contributed by atoms with E-state index in [0.717, 1.165) is 35.5 Å². The number of hydrogen-bond acceptors (Lipinski definition) is 6. The lowest BCUT2D eigenvalue weighted by Gasteiger charge is -2.17. The van der Waals surface area contributed by atoms with Gasteiger partial charge in [-0.1, -0.05) is 30.4 Å². The van der Waals surface area contributed by atoms with Crippen molar-refractivity contribution in [3.05, 3.63) is 40.3 Å². The van der Waals surface area contributed by atoms with Gasteiger partial charge in [-0.3, -0.25) is 14.5 Å². The summed E-state index contributed by atoms with van der Waals surface area (Å²) in [6, 6.07) is 5.63. The van der Waals surface area contributed by atoms with Crippen LogP contribution >= 0.6 is 24.0 Å². The molecule has 1 N–H and O–H groups in total. The van der Waals surface area contributed by atoms with Crippen LogP contribution in [0.15, 0.2) is 34.8 Å². The van der Waals surface area contributed by atoms with Gasteiger partial charge in [0.1, 0.15) is 22.4 Å². The average molecular weight is 420 g/mol. The molecule has 0 radical (unpaired) electrons. The molecule has 0 bridgehead atoms. The Morgan fingerprint density at radius 3 is 2.96 bits per heavy atom. The van der Waals surface area contributed by atoms with Crippen molar-refractivity contribution in [1.82, 2.24) is 4.90 Å². The summed E-state index contributed by atoms with van der Waals surface area (Å²) in [5.74, 6) is 0.594. The molecule has 0 unspecified atom stereocenters. The molecule has 0 aliphatic carbocycles. The molecular weight excluding hydrogens is 398 g/mol. The minimum absolute atomic E-state index is 0.102. The summed E-state index contributed by atoms with van der Waals surface area (Å²) in [5, 5.41) is 8.67. The zero-order valence-corrected chi connectivity index (χ0v) is 17.1. The monoisotopic (exact) mass is 419 g/mol. The second kappa shape index (κ2) is 9.25. The van der Waals surface area contributed by atoms with E-state index in [9.17, 15) is 9.59 Å². The molecule has 1 amide bonds. The van der Waals surface area contributed by atoms with Gasteiger partial charge in [-0.2, -0.15) is 0 Å². The zero-order valence-electron chi connectivity index (χ0n) is 15.5. The number of ether oxygens (including phenoxy) is 2. The number of fused-ring (bicyclic) bond motifs is 1. The Morgan fingerprint density at radius 2 is 2.21 bits per heavy atom. The van der Waals surface area contributed by atoms with E-state index in [2.05, 4.69) is 0 Å². The number of thioether (sulfide) groups is 1. The van der Waals surface area contributed by atoms with Crippen molar-refractivity contribution in [2.45, 2.75) is 25.7 Å². The average Bonchev–Trinajstić information content (AvgIpc) is 2.94. The maximum atomic E-state index is 12.7. The number of carboxylic acids is 1. The third-order valence-corrected chi connectivity index (χ3v) is 5.80. The lowest BCUT2D eigenvalue weighted by atomic mass is 10.1. The fraction of sp³-hybridized carbons (Fsp3) is 0.350. The van der Waals surface area contributed by atoms with Crippen LogP contribution in [0.5, 0.6) is 11.5 Å². The first-order chi connectivity index (χ1) is 13.5. The van der Waals surface area contributed by atoms with Crippen molar-refractivity contribution >= 4 is 46.3 Å². The number of carbonyl (C=O) groups is 2. The van der Waals surface area contributed by atoms with Gasteiger partial charge in [-0.25, -0.2) is 0 Å². The van der Waals surface area contributed by atoms with Gasteiger partial charge in [-0.15, -0.1) is 0 Å². The van der Waals surface area contributed by atoms with Gasteiger partial charge in [0.15, 0.2) is 0 Å². The molecule has 1 aromatic rings. The molecule has 2 aliphatic heterocycles. The number of unbranched alkanes of at least 4 members (excludes halogenated alkanes) is 2. The fourth-order valence-electron chi connectivity index (χ4n) is 2.96. The number of rotatable bonds is 8. The fourth-order valence-corrected chi connectivity index (χ4v) is 4.28. The van der Waals surface area contributed by atoms with Crippen LogP contribution in [0.2, 0.25) is 0 Å². The molecule has 0 saturated carbocycles. The van der Waals surface area contributed by atoms with Gasteiger partial charge in [0, 0.05) is 24.6 Å². The van der Waals surface area contributed by atoms with Crippen molar-refractivity contribution < 1.29 is 24.2 Å². The molecule has 8 heteroatoms. The van der Waals surface area contributed by atoms with Gasteiger partial charge in [0.25, 0.3) is 5.91 Å². The van der Waals surface area contributed by atoms with Gasteiger partial charge in [-0.05, 0) is 42.7 Å². The van der Waals surface area contributed by atoms with Crippen LogP contribution in [-0.2, 0) is 9.59 Å². The number of hydrogen-bond donors (Lipinski definition) is 1. The van der Waals surface area contributed by atoms with Crippen LogP contribution in [0, 0.1) is 0 Å². The van der Waals surface area contributed by atoms with Crippen molar-refractivity contribution in [3.63, 3.8) is 0 Å². The molecule has 0 aromatic heterocycles. The number of carbonyl (C=O) groups excluding carboxylic acids is 1. The SMILES string of the molecule is COc1ccc2c(c1)OCC(/C=C1\SC(=S)N(CCCCCC(=O)O)C1=O)=C2. The zero-order chi connectivity index (χ0) is 20.1. The Labute approximate surface area is 173 Å². The topological polar surface area (TPSA) is 76.1 Å². The standard InChI is InChI=1S/C20H21NO5S2/c1-25-15-7-6-14-9-13(12-26-16(14)11-15)10-17-19(24)21(20(27)28-17)8-4-2-3-5-18(22)23/h6-7,9-11H,2-5,8,12H2,1H3,(H,22,23)/b17-10-. The minimum atomic E-state index is -0.795. The van der Waals surface area contributed by atoms with Crippen LogP contribution in [0.1, 0.15) is 31.2 Å². The van der Waals surface area contributed by atoms with Crippen molar-refractivity contribution in [3.8, 4) is 11.5 Å². The van der Waals surface area contributed by atoms with Crippen LogP contribution in [0.3, 0.4) is 0 Å². The Morgan fingerprint density at radius 1 is 1.39 bits per heavy atom. The summed E-state index contributed by atoms with van der Waals surface area (Å²) in [6.45, 7) is 0.888. The Kier molecular flexibility index (Phi) is 6.74. The highest BCUT2D eigenvalue weighted by molar-refractivity contribution is 8.26. The first kappa shape index (κ1) is 20.4. The molecule has 6 nitrogen and oxygen atoms in total. The molecule has 148 valence electrons. The first-order valence-electron chi connectivity index (χ1n) is 8.96. The van der Waals surface area contributed by atoms with Gasteiger partial charge in [0.05, 0.1) is 12.0 Å². The highest BCUT2D eigenvalue weighted by atomic mass is 32.2. The summed E-state index contributed by atoms with van der Waals surface area (Å²) in [4.78, 5) is 25.4. The molecule has 1 fully saturated rings. The maximum Gasteiger partial charge on any atom is 0.303 e. The number of nitrogens with zero attached hydrogens (tertiary/aromatic N) is 1. The summed E-state index contributed by atoms with van der Waals surface area (Å²) in [7, 11) is 1.61. The number of carboxylic acid groups (broad SMARTS) is 1. The smallest absolute Gasteiger partial charge is 0.303 e. The van der Waals surface area contributed by atoms with E-state index in [-0.39, 0.29) is 12.3 Å². The minimum Gasteiger partial charge on any atom is -0.497 e. The Bertz CT molecular complexity index is 862. The Balaban J connectivity index is 1.63. The third kappa shape index (κ3) is 4.94. The molecule has 28 heavy (non-hydrogen) atoms. The lowest BCUT2D eigenvalue weighted by Crippen LogP contribution is -2.29. The van der Waals surface area contributed by atoms with Crippen LogP contribution < -0.4 is 9.47 Å². The van der Waals surface area contributed by atoms with E-state index >= 15 is 0 Å². The summed E-state index contributed by atoms with van der Waals surface area (Å²) >= 11 is 6.63. The molecule has 1 aromatic carbocycles. The second-order valence-corrected chi connectivity index (χ2v) is 8.13. The van der Waals surface area contributed by atoms with Crippen LogP contribution in [-0.4, -0.2) is 46.5 Å². The highest BCUT2D eigenvalue weighted by Crippen LogP contribution is 2.35. The van der Waals surface area contributed by atoms with Gasteiger partial charge in [0.2, 0.25) is 0 Å². The van der Waals surface area contributed by atoms with E-state index < -0.39 is 5.97 Å². The predicted octanol–water partition coefficient (Wildman–Crippen LogP) is 3.86.